The van der Waals surface area contributed by atoms with Crippen LogP contribution in [0, 0.1) is 0 Å². The van der Waals surface area contributed by atoms with E-state index in [-0.39, 0.29) is 11.4 Å². The number of amides is 2. The fourth-order valence-corrected chi connectivity index (χ4v) is 3.52. The zero-order valence-electron chi connectivity index (χ0n) is 12.2. The van der Waals surface area contributed by atoms with Crippen molar-refractivity contribution in [2.24, 2.45) is 0 Å². The number of nitrogens with one attached hydrogen (secondary N) is 1. The summed E-state index contributed by atoms with van der Waals surface area (Å²) in [6, 6.07) is 9.55. The van der Waals surface area contributed by atoms with E-state index in [4.69, 9.17) is 4.74 Å². The largest absolute Gasteiger partial charge is 0.449 e. The molecule has 1 aromatic heterocycles. The summed E-state index contributed by atoms with van der Waals surface area (Å²) >= 11 is 1.10. The maximum atomic E-state index is 12.5. The Morgan fingerprint density at radius 1 is 1.30 bits per heavy atom. The predicted molar refractivity (Wildman–Crippen MR) is 83.1 cm³/mol. The van der Waals surface area contributed by atoms with Crippen molar-refractivity contribution in [3.05, 3.63) is 35.3 Å². The summed E-state index contributed by atoms with van der Waals surface area (Å²) in [5.74, 6) is 0.421. The second-order valence-corrected chi connectivity index (χ2v) is 6.49. The van der Waals surface area contributed by atoms with Gasteiger partial charge in [-0.25, -0.2) is 9.78 Å². The van der Waals surface area contributed by atoms with Gasteiger partial charge in [-0.15, -0.1) is 0 Å². The molecule has 2 aromatic rings. The Bertz CT molecular complexity index is 755. The number of cyclic esters (lactones) is 1. The minimum absolute atomic E-state index is 0.143. The zero-order chi connectivity index (χ0) is 15.9. The first-order valence-electron chi connectivity index (χ1n) is 7.29. The summed E-state index contributed by atoms with van der Waals surface area (Å²) in [5, 5.41) is 3.18. The van der Waals surface area contributed by atoms with Crippen LogP contribution in [0.15, 0.2) is 30.3 Å². The molecule has 1 spiro atoms. The van der Waals surface area contributed by atoms with Gasteiger partial charge in [0.05, 0.1) is 12.1 Å². The van der Waals surface area contributed by atoms with Crippen LogP contribution in [0.1, 0.15) is 16.2 Å². The number of ether oxygens (including phenoxy) is 1. The molecule has 0 aliphatic carbocycles. The van der Waals surface area contributed by atoms with Gasteiger partial charge in [-0.05, 0) is 11.5 Å². The topological polar surface area (TPSA) is 84.4 Å². The van der Waals surface area contributed by atoms with Gasteiger partial charge in [0, 0.05) is 25.1 Å². The molecule has 118 valence electrons. The molecule has 3 heterocycles. The van der Waals surface area contributed by atoms with Gasteiger partial charge in [0.15, 0.2) is 5.82 Å². The minimum Gasteiger partial charge on any atom is -0.449 e. The highest BCUT2D eigenvalue weighted by atomic mass is 32.1. The summed E-state index contributed by atoms with van der Waals surface area (Å²) in [4.78, 5) is 29.8. The van der Waals surface area contributed by atoms with E-state index < -0.39 is 6.09 Å². The van der Waals surface area contributed by atoms with Gasteiger partial charge < -0.3 is 15.0 Å². The Morgan fingerprint density at radius 2 is 2.09 bits per heavy atom. The van der Waals surface area contributed by atoms with Crippen LogP contribution in [0.3, 0.4) is 0 Å². The average Bonchev–Trinajstić information content (AvgIpc) is 3.03. The van der Waals surface area contributed by atoms with Gasteiger partial charge in [0.2, 0.25) is 5.01 Å². The lowest BCUT2D eigenvalue weighted by Crippen LogP contribution is -2.73. The predicted octanol–water partition coefficient (Wildman–Crippen LogP) is 1.53. The second kappa shape index (κ2) is 5.31. The van der Waals surface area contributed by atoms with Crippen LogP contribution < -0.4 is 5.32 Å². The molecule has 1 aromatic carbocycles. The zero-order valence-corrected chi connectivity index (χ0v) is 13.0. The number of hydrogen-bond acceptors (Lipinski definition) is 6. The van der Waals surface area contributed by atoms with Gasteiger partial charge in [0.1, 0.15) is 0 Å². The number of carbonyl (C=O) groups is 2. The third-order valence-electron chi connectivity index (χ3n) is 4.10. The molecule has 1 N–H and O–H groups in total. The molecule has 2 aliphatic heterocycles. The number of rotatable bonds is 2. The number of carbonyl (C=O) groups excluding carboxylic acids is 2. The summed E-state index contributed by atoms with van der Waals surface area (Å²) in [6.07, 6.45) is 0.305. The van der Waals surface area contributed by atoms with E-state index in [0.29, 0.717) is 36.9 Å². The van der Waals surface area contributed by atoms with Crippen LogP contribution in [0.4, 0.5) is 4.79 Å². The van der Waals surface area contributed by atoms with Crippen LogP contribution >= 0.6 is 11.5 Å². The minimum atomic E-state index is -0.411. The summed E-state index contributed by atoms with van der Waals surface area (Å²) in [7, 11) is 0. The van der Waals surface area contributed by atoms with Crippen molar-refractivity contribution in [3.63, 3.8) is 0 Å². The fourth-order valence-electron chi connectivity index (χ4n) is 2.87. The van der Waals surface area contributed by atoms with Crippen LogP contribution in [0.5, 0.6) is 0 Å². The molecular weight excluding hydrogens is 316 g/mol. The number of alkyl carbamates (subject to hydrolysis) is 1. The molecule has 0 atom stereocenters. The van der Waals surface area contributed by atoms with Crippen molar-refractivity contribution < 1.29 is 14.3 Å². The molecule has 0 radical (unpaired) electrons. The van der Waals surface area contributed by atoms with Gasteiger partial charge in [-0.1, -0.05) is 30.3 Å². The monoisotopic (exact) mass is 330 g/mol. The van der Waals surface area contributed by atoms with E-state index in [1.54, 1.807) is 4.90 Å². The van der Waals surface area contributed by atoms with Crippen molar-refractivity contribution in [1.82, 2.24) is 19.6 Å². The lowest BCUT2D eigenvalue weighted by molar-refractivity contribution is -0.00111. The maximum absolute atomic E-state index is 12.5. The molecule has 0 saturated carbocycles. The molecule has 0 bridgehead atoms. The maximum Gasteiger partial charge on any atom is 0.407 e. The van der Waals surface area contributed by atoms with Crippen molar-refractivity contribution in [3.8, 4) is 11.4 Å². The van der Waals surface area contributed by atoms with Crippen molar-refractivity contribution in [1.29, 1.82) is 0 Å². The van der Waals surface area contributed by atoms with Crippen LogP contribution in [-0.2, 0) is 4.74 Å². The standard InChI is InChI=1S/C15H14N4O3S/c20-13(19-8-15(9-19)6-7-22-14(21)17-15)12-16-11(18-23-12)10-4-2-1-3-5-10/h1-5H,6-9H2,(H,17,21). The lowest BCUT2D eigenvalue weighted by Gasteiger charge is -2.51. The van der Waals surface area contributed by atoms with Gasteiger partial charge >= 0.3 is 6.09 Å². The number of nitrogens with zero attached hydrogens (tertiary/aromatic N) is 3. The van der Waals surface area contributed by atoms with Gasteiger partial charge in [-0.2, -0.15) is 4.37 Å². The molecule has 7 nitrogen and oxygen atoms in total. The Labute approximate surface area is 136 Å². The molecule has 2 fully saturated rings. The van der Waals surface area contributed by atoms with Crippen molar-refractivity contribution in [2.75, 3.05) is 19.7 Å². The summed E-state index contributed by atoms with van der Waals surface area (Å²) in [5.41, 5.74) is 0.553. The molecule has 0 unspecified atom stereocenters. The molecule has 23 heavy (non-hydrogen) atoms. The van der Waals surface area contributed by atoms with E-state index in [0.717, 1.165) is 17.1 Å². The molecule has 4 rings (SSSR count). The Hall–Kier alpha value is -2.48. The van der Waals surface area contributed by atoms with E-state index in [2.05, 4.69) is 14.7 Å². The molecule has 2 saturated heterocycles. The average molecular weight is 330 g/mol. The molecular formula is C15H14N4O3S. The van der Waals surface area contributed by atoms with Crippen LogP contribution in [-0.4, -0.2) is 51.5 Å². The highest BCUT2D eigenvalue weighted by Gasteiger charge is 2.49. The highest BCUT2D eigenvalue weighted by Crippen LogP contribution is 2.29. The van der Waals surface area contributed by atoms with Gasteiger partial charge in [-0.3, -0.25) is 4.79 Å². The number of likely N-dealkylation sites (tertiary alicyclic amines) is 1. The second-order valence-electron chi connectivity index (χ2n) is 5.74. The van der Waals surface area contributed by atoms with Crippen molar-refractivity contribution >= 4 is 23.5 Å². The molecule has 2 aliphatic rings. The molecule has 2 amide bonds. The normalized spacial score (nSPS) is 19.0. The van der Waals surface area contributed by atoms with Crippen molar-refractivity contribution in [2.45, 2.75) is 12.0 Å². The first-order chi connectivity index (χ1) is 11.2. The van der Waals surface area contributed by atoms with E-state index in [9.17, 15) is 9.59 Å². The van der Waals surface area contributed by atoms with Gasteiger partial charge in [0.25, 0.3) is 5.91 Å². The molecule has 8 heteroatoms. The first kappa shape index (κ1) is 14.1. The number of benzene rings is 1. The van der Waals surface area contributed by atoms with Crippen LogP contribution in [0.2, 0.25) is 0 Å². The fraction of sp³-hybridized carbons (Fsp3) is 0.333. The SMILES string of the molecule is O=C1NC2(CCO1)CN(C(=O)c1nc(-c3ccccc3)ns1)C2. The van der Waals surface area contributed by atoms with Crippen LogP contribution in [0.25, 0.3) is 11.4 Å². The smallest absolute Gasteiger partial charge is 0.407 e. The van der Waals surface area contributed by atoms with E-state index in [1.165, 1.54) is 0 Å². The highest BCUT2D eigenvalue weighted by molar-refractivity contribution is 7.07. The lowest BCUT2D eigenvalue weighted by atomic mass is 9.86. The van der Waals surface area contributed by atoms with E-state index in [1.807, 2.05) is 30.3 Å². The third kappa shape index (κ3) is 2.55. The quantitative estimate of drug-likeness (QED) is 0.903. The third-order valence-corrected chi connectivity index (χ3v) is 4.80. The summed E-state index contributed by atoms with van der Waals surface area (Å²) in [6.45, 7) is 1.37. The Kier molecular flexibility index (Phi) is 3.26. The van der Waals surface area contributed by atoms with E-state index >= 15 is 0 Å². The first-order valence-corrected chi connectivity index (χ1v) is 8.06. The Morgan fingerprint density at radius 3 is 2.83 bits per heavy atom. The number of aromatic nitrogens is 2. The summed E-state index contributed by atoms with van der Waals surface area (Å²) < 4.78 is 9.13. The Balaban J connectivity index is 1.45. The number of hydrogen-bond donors (Lipinski definition) is 1.